The molecule has 4 N–H and O–H groups in total. The molecule has 0 aliphatic rings. The number of hydrogen-bond donors (Lipinski definition) is 2. The zero-order chi connectivity index (χ0) is 11.5. The van der Waals surface area contributed by atoms with Crippen LogP contribution in [0.3, 0.4) is 0 Å². The van der Waals surface area contributed by atoms with Gasteiger partial charge in [-0.3, -0.25) is 4.98 Å². The molecule has 16 heavy (non-hydrogen) atoms. The summed E-state index contributed by atoms with van der Waals surface area (Å²) in [5.41, 5.74) is 13.4. The van der Waals surface area contributed by atoms with Gasteiger partial charge in [0.2, 0.25) is 0 Å². The summed E-state index contributed by atoms with van der Waals surface area (Å²) < 4.78 is 5.26. The van der Waals surface area contributed by atoms with Gasteiger partial charge in [0.15, 0.2) is 0 Å². The monoisotopic (exact) mass is 217 g/mol. The molecule has 2 aromatic rings. The van der Waals surface area contributed by atoms with Gasteiger partial charge >= 0.3 is 0 Å². The smallest absolute Gasteiger partial charge is 0.145 e. The lowest BCUT2D eigenvalue weighted by molar-refractivity contribution is 0.418. The van der Waals surface area contributed by atoms with Crippen molar-refractivity contribution in [3.63, 3.8) is 0 Å². The van der Waals surface area contributed by atoms with Gasteiger partial charge in [0.1, 0.15) is 11.3 Å². The van der Waals surface area contributed by atoms with Crippen molar-refractivity contribution in [3.8, 4) is 5.75 Å². The lowest BCUT2D eigenvalue weighted by atomic mass is 10.0. The van der Waals surface area contributed by atoms with Crippen LogP contribution in [0, 0.1) is 0 Å². The van der Waals surface area contributed by atoms with Crippen molar-refractivity contribution >= 4 is 10.9 Å². The molecule has 0 spiro atoms. The summed E-state index contributed by atoms with van der Waals surface area (Å²) in [5.74, 6) is 0.753. The number of rotatable bonds is 3. The number of hydrogen-bond acceptors (Lipinski definition) is 4. The summed E-state index contributed by atoms with van der Waals surface area (Å²) in [7, 11) is 1.63. The predicted octanol–water partition coefficient (Wildman–Crippen LogP) is 1.20. The van der Waals surface area contributed by atoms with Crippen LogP contribution < -0.4 is 16.2 Å². The summed E-state index contributed by atoms with van der Waals surface area (Å²) in [6, 6.07) is 7.52. The van der Waals surface area contributed by atoms with Crippen molar-refractivity contribution in [2.45, 2.75) is 6.04 Å². The first-order chi connectivity index (χ1) is 7.77. The van der Waals surface area contributed by atoms with Crippen LogP contribution in [0.1, 0.15) is 11.6 Å². The van der Waals surface area contributed by atoms with Crippen LogP contribution in [-0.2, 0) is 0 Å². The van der Waals surface area contributed by atoms with E-state index in [9.17, 15) is 0 Å². The van der Waals surface area contributed by atoms with Gasteiger partial charge in [0.25, 0.3) is 0 Å². The van der Waals surface area contributed by atoms with Crippen LogP contribution in [0.4, 0.5) is 0 Å². The molecule has 0 amide bonds. The minimum atomic E-state index is -0.169. The number of fused-ring (bicyclic) bond motifs is 1. The van der Waals surface area contributed by atoms with E-state index in [2.05, 4.69) is 4.98 Å². The molecular weight excluding hydrogens is 202 g/mol. The fourth-order valence-corrected chi connectivity index (χ4v) is 1.78. The highest BCUT2D eigenvalue weighted by molar-refractivity contribution is 5.87. The van der Waals surface area contributed by atoms with E-state index < -0.39 is 0 Å². The third-order valence-electron chi connectivity index (χ3n) is 2.64. The van der Waals surface area contributed by atoms with Crippen molar-refractivity contribution in [3.05, 3.63) is 36.0 Å². The molecule has 1 aromatic heterocycles. The molecule has 0 aliphatic heterocycles. The minimum absolute atomic E-state index is 0.169. The molecule has 0 fully saturated rings. The third-order valence-corrected chi connectivity index (χ3v) is 2.64. The second-order valence-electron chi connectivity index (χ2n) is 3.60. The third kappa shape index (κ3) is 1.73. The molecule has 4 nitrogen and oxygen atoms in total. The number of aromatic nitrogens is 1. The summed E-state index contributed by atoms with van der Waals surface area (Å²) in [6.45, 7) is 0.413. The highest BCUT2D eigenvalue weighted by Crippen LogP contribution is 2.28. The van der Waals surface area contributed by atoms with Gasteiger partial charge in [-0.25, -0.2) is 0 Å². The SMILES string of the molecule is COc1ccc([C@@H](N)CN)c2cccnc12. The standard InChI is InChI=1S/C12H15N3O/c1-16-11-5-4-8(10(14)7-13)9-3-2-6-15-12(9)11/h2-6,10H,7,13-14H2,1H3/t10-/m0/s1. The molecular formula is C12H15N3O. The van der Waals surface area contributed by atoms with Crippen molar-refractivity contribution in [1.82, 2.24) is 4.98 Å². The lowest BCUT2D eigenvalue weighted by Gasteiger charge is -2.13. The first kappa shape index (κ1) is 10.9. The Balaban J connectivity index is 2.69. The van der Waals surface area contributed by atoms with Gasteiger partial charge in [0, 0.05) is 24.2 Å². The Hall–Kier alpha value is -1.65. The predicted molar refractivity (Wildman–Crippen MR) is 64.3 cm³/mol. The van der Waals surface area contributed by atoms with Gasteiger partial charge in [-0.15, -0.1) is 0 Å². The summed E-state index contributed by atoms with van der Waals surface area (Å²) >= 11 is 0. The van der Waals surface area contributed by atoms with Crippen molar-refractivity contribution in [2.75, 3.05) is 13.7 Å². The zero-order valence-corrected chi connectivity index (χ0v) is 9.18. The maximum Gasteiger partial charge on any atom is 0.145 e. The van der Waals surface area contributed by atoms with E-state index in [0.717, 1.165) is 22.2 Å². The van der Waals surface area contributed by atoms with Crippen molar-refractivity contribution < 1.29 is 4.74 Å². The molecule has 2 rings (SSSR count). The van der Waals surface area contributed by atoms with E-state index in [1.165, 1.54) is 0 Å². The molecule has 0 saturated carbocycles. The largest absolute Gasteiger partial charge is 0.494 e. The number of nitrogens with two attached hydrogens (primary N) is 2. The van der Waals surface area contributed by atoms with E-state index >= 15 is 0 Å². The molecule has 0 radical (unpaired) electrons. The molecule has 4 heteroatoms. The number of methoxy groups -OCH3 is 1. The zero-order valence-electron chi connectivity index (χ0n) is 9.18. The Labute approximate surface area is 94.2 Å². The van der Waals surface area contributed by atoms with Crippen LogP contribution >= 0.6 is 0 Å². The van der Waals surface area contributed by atoms with Gasteiger partial charge < -0.3 is 16.2 Å². The van der Waals surface area contributed by atoms with Crippen LogP contribution in [0.25, 0.3) is 10.9 Å². The molecule has 1 atom stereocenters. The fourth-order valence-electron chi connectivity index (χ4n) is 1.78. The highest BCUT2D eigenvalue weighted by Gasteiger charge is 2.11. The Morgan fingerprint density at radius 2 is 2.19 bits per heavy atom. The molecule has 0 bridgehead atoms. The Bertz CT molecular complexity index is 499. The minimum Gasteiger partial charge on any atom is -0.494 e. The molecule has 84 valence electrons. The molecule has 1 aromatic carbocycles. The number of benzene rings is 1. The molecule has 0 aliphatic carbocycles. The van der Waals surface area contributed by atoms with Crippen LogP contribution in [-0.4, -0.2) is 18.6 Å². The molecule has 0 saturated heterocycles. The van der Waals surface area contributed by atoms with E-state index in [1.807, 2.05) is 24.3 Å². The normalized spacial score (nSPS) is 12.7. The van der Waals surface area contributed by atoms with E-state index in [4.69, 9.17) is 16.2 Å². The first-order valence-corrected chi connectivity index (χ1v) is 5.15. The maximum atomic E-state index is 5.96. The number of nitrogens with zero attached hydrogens (tertiary/aromatic N) is 1. The van der Waals surface area contributed by atoms with E-state index in [1.54, 1.807) is 13.3 Å². The highest BCUT2D eigenvalue weighted by atomic mass is 16.5. The Morgan fingerprint density at radius 1 is 1.38 bits per heavy atom. The molecule has 1 heterocycles. The number of ether oxygens (including phenoxy) is 1. The average molecular weight is 217 g/mol. The topological polar surface area (TPSA) is 74.2 Å². The summed E-state index contributed by atoms with van der Waals surface area (Å²) in [6.07, 6.45) is 1.74. The fraction of sp³-hybridized carbons (Fsp3) is 0.250. The average Bonchev–Trinajstić information content (AvgIpc) is 2.36. The van der Waals surface area contributed by atoms with E-state index in [-0.39, 0.29) is 6.04 Å². The van der Waals surface area contributed by atoms with Crippen molar-refractivity contribution in [2.24, 2.45) is 11.5 Å². The van der Waals surface area contributed by atoms with Gasteiger partial charge in [-0.1, -0.05) is 12.1 Å². The lowest BCUT2D eigenvalue weighted by Crippen LogP contribution is -2.21. The molecule has 0 unspecified atom stereocenters. The first-order valence-electron chi connectivity index (χ1n) is 5.15. The number of pyridine rings is 1. The summed E-state index contributed by atoms with van der Waals surface area (Å²) in [4.78, 5) is 4.31. The second-order valence-corrected chi connectivity index (χ2v) is 3.60. The van der Waals surface area contributed by atoms with Crippen LogP contribution in [0.2, 0.25) is 0 Å². The van der Waals surface area contributed by atoms with Crippen LogP contribution in [0.5, 0.6) is 5.75 Å². The van der Waals surface area contributed by atoms with Gasteiger partial charge in [-0.05, 0) is 17.7 Å². The van der Waals surface area contributed by atoms with Gasteiger partial charge in [-0.2, -0.15) is 0 Å². The Morgan fingerprint density at radius 3 is 2.88 bits per heavy atom. The quantitative estimate of drug-likeness (QED) is 0.810. The van der Waals surface area contributed by atoms with Crippen molar-refractivity contribution in [1.29, 1.82) is 0 Å². The van der Waals surface area contributed by atoms with Crippen LogP contribution in [0.15, 0.2) is 30.5 Å². The summed E-state index contributed by atoms with van der Waals surface area (Å²) in [5, 5.41) is 1.000. The maximum absolute atomic E-state index is 5.96. The van der Waals surface area contributed by atoms with E-state index in [0.29, 0.717) is 6.54 Å². The Kier molecular flexibility index (Phi) is 3.03. The second kappa shape index (κ2) is 4.47. The van der Waals surface area contributed by atoms with Gasteiger partial charge in [0.05, 0.1) is 7.11 Å².